The first-order valence-corrected chi connectivity index (χ1v) is 8.37. The standard InChI is InChI=1S/C18H15BrN4O/c1-11-21-22-17-10-20-18(12-3-5-13(19)6-4-12)15-9-14(24-2)7-8-16(15)23(11)17/h3-9H,10H2,1-2H3. The number of halogens is 1. The second-order valence-electron chi connectivity index (χ2n) is 5.55. The topological polar surface area (TPSA) is 52.3 Å². The molecule has 4 rings (SSSR count). The Balaban J connectivity index is 1.97. The van der Waals surface area contributed by atoms with E-state index >= 15 is 0 Å². The smallest absolute Gasteiger partial charge is 0.159 e. The Labute approximate surface area is 148 Å². The number of aromatic nitrogens is 3. The number of hydrogen-bond acceptors (Lipinski definition) is 4. The van der Waals surface area contributed by atoms with E-state index in [2.05, 4.69) is 42.8 Å². The molecule has 120 valence electrons. The summed E-state index contributed by atoms with van der Waals surface area (Å²) in [5.74, 6) is 2.49. The SMILES string of the molecule is COc1ccc2c(c1)C(c1ccc(Br)cc1)=NCc1nnc(C)n1-2. The van der Waals surface area contributed by atoms with Crippen molar-refractivity contribution >= 4 is 21.6 Å². The van der Waals surface area contributed by atoms with E-state index in [1.165, 1.54) is 0 Å². The van der Waals surface area contributed by atoms with Gasteiger partial charge in [-0.25, -0.2) is 0 Å². The first kappa shape index (κ1) is 15.1. The van der Waals surface area contributed by atoms with Crippen molar-refractivity contribution in [1.29, 1.82) is 0 Å². The van der Waals surface area contributed by atoms with E-state index in [4.69, 9.17) is 9.73 Å². The van der Waals surface area contributed by atoms with Crippen molar-refractivity contribution in [3.05, 3.63) is 69.7 Å². The van der Waals surface area contributed by atoms with Gasteiger partial charge in [0, 0.05) is 15.6 Å². The molecule has 0 N–H and O–H groups in total. The van der Waals surface area contributed by atoms with E-state index in [1.54, 1.807) is 7.11 Å². The number of hydrogen-bond donors (Lipinski definition) is 0. The number of ether oxygens (including phenoxy) is 1. The van der Waals surface area contributed by atoms with Crippen LogP contribution in [0.5, 0.6) is 5.75 Å². The van der Waals surface area contributed by atoms with Gasteiger partial charge in [0.1, 0.15) is 18.1 Å². The van der Waals surface area contributed by atoms with E-state index in [1.807, 2.05) is 37.3 Å². The summed E-state index contributed by atoms with van der Waals surface area (Å²) in [5.41, 5.74) is 4.02. The van der Waals surface area contributed by atoms with Gasteiger partial charge < -0.3 is 4.74 Å². The third kappa shape index (κ3) is 2.43. The van der Waals surface area contributed by atoms with Crippen LogP contribution in [0.4, 0.5) is 0 Å². The van der Waals surface area contributed by atoms with Gasteiger partial charge in [0.25, 0.3) is 0 Å². The lowest BCUT2D eigenvalue weighted by atomic mass is 10.00. The molecule has 1 aromatic heterocycles. The third-order valence-corrected chi connectivity index (χ3v) is 4.62. The number of fused-ring (bicyclic) bond motifs is 3. The molecule has 2 aromatic carbocycles. The van der Waals surface area contributed by atoms with Crippen LogP contribution in [-0.4, -0.2) is 27.6 Å². The molecule has 3 aromatic rings. The molecule has 1 aliphatic heterocycles. The number of methoxy groups -OCH3 is 1. The molecule has 2 heterocycles. The zero-order valence-electron chi connectivity index (χ0n) is 13.3. The van der Waals surface area contributed by atoms with Crippen molar-refractivity contribution in [2.24, 2.45) is 4.99 Å². The molecule has 6 heteroatoms. The number of aliphatic imine (C=N–C) groups is 1. The number of rotatable bonds is 2. The van der Waals surface area contributed by atoms with Crippen molar-refractivity contribution in [3.63, 3.8) is 0 Å². The Hall–Kier alpha value is -2.47. The van der Waals surface area contributed by atoms with Crippen LogP contribution in [-0.2, 0) is 6.54 Å². The minimum Gasteiger partial charge on any atom is -0.497 e. The summed E-state index contributed by atoms with van der Waals surface area (Å²) >= 11 is 3.48. The molecule has 1 aliphatic rings. The van der Waals surface area contributed by atoms with Gasteiger partial charge >= 0.3 is 0 Å². The molecule has 0 radical (unpaired) electrons. The number of aryl methyl sites for hydroxylation is 1. The van der Waals surface area contributed by atoms with Gasteiger partial charge in [-0.1, -0.05) is 28.1 Å². The molecule has 0 bridgehead atoms. The van der Waals surface area contributed by atoms with E-state index in [9.17, 15) is 0 Å². The zero-order chi connectivity index (χ0) is 16.7. The van der Waals surface area contributed by atoms with Crippen LogP contribution in [0, 0.1) is 6.92 Å². The Morgan fingerprint density at radius 2 is 1.88 bits per heavy atom. The minimum atomic E-state index is 0.489. The quantitative estimate of drug-likeness (QED) is 0.678. The molecular weight excluding hydrogens is 368 g/mol. The van der Waals surface area contributed by atoms with Gasteiger partial charge in [0.15, 0.2) is 5.82 Å². The highest BCUT2D eigenvalue weighted by Crippen LogP contribution is 2.29. The summed E-state index contributed by atoms with van der Waals surface area (Å²) in [5, 5.41) is 8.46. The number of benzene rings is 2. The second-order valence-corrected chi connectivity index (χ2v) is 6.47. The molecule has 0 spiro atoms. The number of nitrogens with zero attached hydrogens (tertiary/aromatic N) is 4. The largest absolute Gasteiger partial charge is 0.497 e. The van der Waals surface area contributed by atoms with Crippen LogP contribution in [0.2, 0.25) is 0 Å². The second kappa shape index (κ2) is 5.87. The predicted molar refractivity (Wildman–Crippen MR) is 96.1 cm³/mol. The van der Waals surface area contributed by atoms with Crippen LogP contribution in [0.15, 0.2) is 51.9 Å². The zero-order valence-corrected chi connectivity index (χ0v) is 14.9. The summed E-state index contributed by atoms with van der Waals surface area (Å²) in [6.07, 6.45) is 0. The lowest BCUT2D eigenvalue weighted by Crippen LogP contribution is -2.08. The summed E-state index contributed by atoms with van der Waals surface area (Å²) < 4.78 is 8.52. The van der Waals surface area contributed by atoms with Crippen LogP contribution >= 0.6 is 15.9 Å². The maximum atomic E-state index is 5.42. The fourth-order valence-corrected chi connectivity index (χ4v) is 3.20. The van der Waals surface area contributed by atoms with Gasteiger partial charge in [0.2, 0.25) is 0 Å². The van der Waals surface area contributed by atoms with E-state index in [0.717, 1.165) is 44.4 Å². The predicted octanol–water partition coefficient (Wildman–Crippen LogP) is 3.70. The Morgan fingerprint density at radius 1 is 1.08 bits per heavy atom. The van der Waals surface area contributed by atoms with Crippen molar-refractivity contribution in [2.45, 2.75) is 13.5 Å². The lowest BCUT2D eigenvalue weighted by molar-refractivity contribution is 0.414. The van der Waals surface area contributed by atoms with Crippen LogP contribution in [0.1, 0.15) is 22.8 Å². The van der Waals surface area contributed by atoms with Crippen LogP contribution in [0.25, 0.3) is 5.69 Å². The van der Waals surface area contributed by atoms with Gasteiger partial charge in [-0.05, 0) is 37.3 Å². The van der Waals surface area contributed by atoms with Gasteiger partial charge in [-0.3, -0.25) is 9.56 Å². The molecule has 24 heavy (non-hydrogen) atoms. The molecule has 0 amide bonds. The molecule has 0 saturated carbocycles. The Kier molecular flexibility index (Phi) is 3.69. The summed E-state index contributed by atoms with van der Waals surface area (Å²) in [7, 11) is 1.67. The highest BCUT2D eigenvalue weighted by atomic mass is 79.9. The molecule has 0 fully saturated rings. The maximum Gasteiger partial charge on any atom is 0.159 e. The first-order chi connectivity index (χ1) is 11.7. The normalized spacial score (nSPS) is 12.9. The molecule has 0 aliphatic carbocycles. The third-order valence-electron chi connectivity index (χ3n) is 4.09. The van der Waals surface area contributed by atoms with Crippen LogP contribution < -0.4 is 4.74 Å². The lowest BCUT2D eigenvalue weighted by Gasteiger charge is -2.14. The molecule has 0 atom stereocenters. The summed E-state index contributed by atoms with van der Waals surface area (Å²) in [6.45, 7) is 2.44. The average molecular weight is 383 g/mol. The Bertz CT molecular complexity index is 944. The fraction of sp³-hybridized carbons (Fsp3) is 0.167. The van der Waals surface area contributed by atoms with E-state index in [0.29, 0.717) is 6.54 Å². The first-order valence-electron chi connectivity index (χ1n) is 7.57. The molecule has 0 saturated heterocycles. The molecule has 0 unspecified atom stereocenters. The van der Waals surface area contributed by atoms with Gasteiger partial charge in [0.05, 0.1) is 18.5 Å². The summed E-state index contributed by atoms with van der Waals surface area (Å²) in [6, 6.07) is 14.2. The van der Waals surface area contributed by atoms with Crippen molar-refractivity contribution in [2.75, 3.05) is 7.11 Å². The Morgan fingerprint density at radius 3 is 2.62 bits per heavy atom. The minimum absolute atomic E-state index is 0.489. The molecular formula is C18H15BrN4O. The highest BCUT2D eigenvalue weighted by molar-refractivity contribution is 9.10. The highest BCUT2D eigenvalue weighted by Gasteiger charge is 2.22. The molecule has 5 nitrogen and oxygen atoms in total. The van der Waals surface area contributed by atoms with Gasteiger partial charge in [-0.15, -0.1) is 10.2 Å². The van der Waals surface area contributed by atoms with Crippen molar-refractivity contribution < 1.29 is 4.74 Å². The fourth-order valence-electron chi connectivity index (χ4n) is 2.94. The summed E-state index contributed by atoms with van der Waals surface area (Å²) in [4.78, 5) is 4.82. The maximum absolute atomic E-state index is 5.42. The van der Waals surface area contributed by atoms with Crippen molar-refractivity contribution in [3.8, 4) is 11.4 Å². The van der Waals surface area contributed by atoms with E-state index in [-0.39, 0.29) is 0 Å². The van der Waals surface area contributed by atoms with Gasteiger partial charge in [-0.2, -0.15) is 0 Å². The van der Waals surface area contributed by atoms with E-state index < -0.39 is 0 Å². The monoisotopic (exact) mass is 382 g/mol. The van der Waals surface area contributed by atoms with Crippen molar-refractivity contribution in [1.82, 2.24) is 14.8 Å². The van der Waals surface area contributed by atoms with Crippen LogP contribution in [0.3, 0.4) is 0 Å². The average Bonchev–Trinajstić information content (AvgIpc) is 2.88.